The van der Waals surface area contributed by atoms with Gasteiger partial charge in [-0.15, -0.1) is 53.6 Å². The van der Waals surface area contributed by atoms with E-state index >= 15 is 0 Å². The average Bonchev–Trinajstić information content (AvgIpc) is 3.83. The van der Waals surface area contributed by atoms with Crippen LogP contribution in [-0.4, -0.2) is 9.97 Å². The Labute approximate surface area is 335 Å². The molecule has 0 saturated heterocycles. The van der Waals surface area contributed by atoms with E-state index in [1.165, 1.54) is 30.0 Å². The number of fused-ring (bicyclic) bond motifs is 3. The Kier molecular flexibility index (Phi) is 6.87. The normalized spacial score (nSPS) is 18.6. The summed E-state index contributed by atoms with van der Waals surface area (Å²) in [6.45, 7) is -3.13. The van der Waals surface area contributed by atoms with Crippen LogP contribution in [0.2, 0.25) is 0 Å². The molecule has 0 spiro atoms. The molecule has 0 aliphatic heterocycles. The summed E-state index contributed by atoms with van der Waals surface area (Å²) in [7, 11) is 0. The number of furan rings is 1. The van der Waals surface area contributed by atoms with E-state index in [4.69, 9.17) is 22.2 Å². The average molecular weight is 860 g/mol. The Morgan fingerprint density at radius 1 is 0.745 bits per heavy atom. The number of rotatable bonds is 4. The molecule has 1 aliphatic carbocycles. The zero-order chi connectivity index (χ0) is 45.9. The molecule has 7 aromatic rings. The van der Waals surface area contributed by atoms with E-state index in [0.29, 0.717) is 57.2 Å². The smallest absolute Gasteiger partial charge is 0.121 e. The quantitative estimate of drug-likeness (QED) is 0.166. The minimum atomic E-state index is -2.59. The first-order valence-corrected chi connectivity index (χ1v) is 16.8. The first kappa shape index (κ1) is 23.2. The third kappa shape index (κ3) is 7.78. The van der Waals surface area contributed by atoms with Crippen LogP contribution in [-0.2, 0) is 25.5 Å². The van der Waals surface area contributed by atoms with Crippen LogP contribution in [0.3, 0.4) is 0 Å². The third-order valence-electron chi connectivity index (χ3n) is 9.24. The molecule has 1 radical (unpaired) electrons. The second-order valence-corrected chi connectivity index (χ2v) is 13.8. The topological polar surface area (TPSA) is 38.9 Å². The van der Waals surface area contributed by atoms with Gasteiger partial charge in [0.2, 0.25) is 0 Å². The summed E-state index contributed by atoms with van der Waals surface area (Å²) in [4.78, 5) is 8.89. The predicted molar refractivity (Wildman–Crippen MR) is 209 cm³/mol. The Morgan fingerprint density at radius 3 is 2.25 bits per heavy atom. The molecular formula is C47H46IrN2O-2. The molecule has 3 nitrogen and oxygen atoms in total. The molecule has 3 aromatic heterocycles. The van der Waals surface area contributed by atoms with Gasteiger partial charge < -0.3 is 14.4 Å². The molecular weight excluding hydrogens is 801 g/mol. The van der Waals surface area contributed by atoms with Gasteiger partial charge >= 0.3 is 0 Å². The van der Waals surface area contributed by atoms with Crippen LogP contribution in [0.4, 0.5) is 0 Å². The largest absolute Gasteiger partial charge is 0.501 e. The number of hydrogen-bond acceptors (Lipinski definition) is 3. The van der Waals surface area contributed by atoms with Gasteiger partial charge in [0.25, 0.3) is 0 Å². The van der Waals surface area contributed by atoms with Crippen molar-refractivity contribution in [3.8, 4) is 33.6 Å². The number of aromatic nitrogens is 2. The Bertz CT molecular complexity index is 2720. The van der Waals surface area contributed by atoms with E-state index in [1.807, 2.05) is 18.3 Å². The predicted octanol–water partition coefficient (Wildman–Crippen LogP) is 12.9. The van der Waals surface area contributed by atoms with Gasteiger partial charge in [0.05, 0.1) is 5.58 Å². The molecule has 0 unspecified atom stereocenters. The van der Waals surface area contributed by atoms with Crippen molar-refractivity contribution >= 4 is 21.9 Å². The number of aryl methyl sites for hydroxylation is 4. The number of nitrogens with zero attached hydrogens (tertiary/aromatic N) is 2. The van der Waals surface area contributed by atoms with E-state index in [9.17, 15) is 0 Å². The maximum Gasteiger partial charge on any atom is 0.121 e. The Hall–Kier alpha value is -4.37. The zero-order valence-electron chi connectivity index (χ0n) is 41.7. The van der Waals surface area contributed by atoms with Gasteiger partial charge in [0, 0.05) is 55.7 Å². The van der Waals surface area contributed by atoms with Gasteiger partial charge in [-0.2, -0.15) is 0 Å². The summed E-state index contributed by atoms with van der Waals surface area (Å²) in [6, 6.07) is 29.6. The molecule has 1 fully saturated rings. The van der Waals surface area contributed by atoms with Crippen molar-refractivity contribution in [2.75, 3.05) is 0 Å². The van der Waals surface area contributed by atoms with Crippen molar-refractivity contribution < 1.29 is 42.3 Å². The van der Waals surface area contributed by atoms with E-state index in [1.54, 1.807) is 54.6 Å². The van der Waals surface area contributed by atoms with E-state index in [0.717, 1.165) is 24.1 Å². The molecule has 0 amide bonds. The molecule has 1 aliphatic rings. The summed E-state index contributed by atoms with van der Waals surface area (Å²) >= 11 is 0. The van der Waals surface area contributed by atoms with E-state index < -0.39 is 33.3 Å². The fraction of sp³-hybridized carbons (Fsp3) is 0.277. The van der Waals surface area contributed by atoms with Crippen LogP contribution >= 0.6 is 0 Å². The van der Waals surface area contributed by atoms with Gasteiger partial charge in [0.15, 0.2) is 0 Å². The fourth-order valence-corrected chi connectivity index (χ4v) is 6.42. The maximum absolute atomic E-state index is 8.93. The van der Waals surface area contributed by atoms with Crippen LogP contribution in [0.1, 0.15) is 104 Å². The van der Waals surface area contributed by atoms with Crippen molar-refractivity contribution in [2.24, 2.45) is 0 Å². The molecule has 8 rings (SSSR count). The number of hydrogen-bond donors (Lipinski definition) is 0. The van der Waals surface area contributed by atoms with Crippen LogP contribution < -0.4 is 0 Å². The standard InChI is InChI=1S/C31H28NO.C16H18N.Ir/c1-19-11-13-25-26-9-6-10-27(31(26)33-30(25)15-19)29-17-28(21(3)18-32-29)24-14-12-23(16-20(24)2)22-7-4-5-8-22;1-12-5-7-13(8-6-12)15-10-9-14(11-17-15)16(2,3)4;/h6,9,11-18,22H,4-5,7-8H2,1-3H3;5-7,9-11H,1-4H3;/q2*-1;/i1D3,2D3,3D3,22D;1D3;. The first-order valence-electron chi connectivity index (χ1n) is 23.3. The Balaban J connectivity index is 0.000000272. The second kappa shape index (κ2) is 15.1. The summed E-state index contributed by atoms with van der Waals surface area (Å²) in [5.41, 5.74) is 5.71. The van der Waals surface area contributed by atoms with Gasteiger partial charge in [-0.25, -0.2) is 0 Å². The molecule has 0 bridgehead atoms. The van der Waals surface area contributed by atoms with Gasteiger partial charge in [0.1, 0.15) is 5.58 Å². The van der Waals surface area contributed by atoms with Crippen molar-refractivity contribution in [2.45, 2.75) is 85.2 Å². The van der Waals surface area contributed by atoms with Crippen molar-refractivity contribution in [3.63, 3.8) is 0 Å². The third-order valence-corrected chi connectivity index (χ3v) is 9.24. The molecule has 1 saturated carbocycles. The minimum Gasteiger partial charge on any atom is -0.501 e. The Morgan fingerprint density at radius 2 is 1.55 bits per heavy atom. The second-order valence-electron chi connectivity index (χ2n) is 13.8. The molecule has 0 atom stereocenters. The summed E-state index contributed by atoms with van der Waals surface area (Å²) < 4.78 is 110. The zero-order valence-corrected chi connectivity index (χ0v) is 31.1. The van der Waals surface area contributed by atoms with Gasteiger partial charge in [-0.1, -0.05) is 99.9 Å². The van der Waals surface area contributed by atoms with E-state index in [-0.39, 0.29) is 53.3 Å². The van der Waals surface area contributed by atoms with Gasteiger partial charge in [-0.05, 0) is 101 Å². The summed E-state index contributed by atoms with van der Waals surface area (Å²) in [6.07, 6.45) is 6.16. The number of pyridine rings is 2. The van der Waals surface area contributed by atoms with Crippen molar-refractivity contribution in [1.29, 1.82) is 0 Å². The van der Waals surface area contributed by atoms with Crippen molar-refractivity contribution in [3.05, 3.63) is 143 Å². The SMILES string of the molecule is [2H]C([2H])([2H])c1c[c-]c(-c2ccc(C(C)(C)C)cn2)cc1.[2H]C([2H])([2H])c1ccc2c(c1)oc1c(-c3cc(-c4ccc(C5([2H])CCCC5)cc4C([2H])([2H])[2H])c(C([2H])([2H])[2H])cn3)[c-]ccc12.[Ir]. The monoisotopic (exact) mass is 860 g/mol. The van der Waals surface area contributed by atoms with E-state index in [2.05, 4.69) is 42.9 Å². The van der Waals surface area contributed by atoms with Crippen LogP contribution in [0, 0.1) is 39.5 Å². The number of benzene rings is 4. The molecule has 3 heterocycles. The van der Waals surface area contributed by atoms with Crippen LogP contribution in [0.25, 0.3) is 55.6 Å². The fourth-order valence-electron chi connectivity index (χ4n) is 6.42. The van der Waals surface area contributed by atoms with Gasteiger partial charge in [-0.3, -0.25) is 0 Å². The maximum atomic E-state index is 8.93. The molecule has 0 N–H and O–H groups in total. The molecule has 51 heavy (non-hydrogen) atoms. The summed E-state index contributed by atoms with van der Waals surface area (Å²) in [5, 5.41) is 1.41. The van der Waals surface area contributed by atoms with Crippen LogP contribution in [0.5, 0.6) is 0 Å². The van der Waals surface area contributed by atoms with Crippen molar-refractivity contribution in [1.82, 2.24) is 9.97 Å². The molecule has 261 valence electrons. The summed E-state index contributed by atoms with van der Waals surface area (Å²) in [5.74, 6) is -0.875. The molecule has 4 heteroatoms. The molecule has 4 aromatic carbocycles. The first-order chi connectivity index (χ1) is 29.2. The minimum absolute atomic E-state index is 0. The van der Waals surface area contributed by atoms with Crippen LogP contribution in [0.15, 0.2) is 102 Å².